The topological polar surface area (TPSA) is 92.4 Å². The van der Waals surface area contributed by atoms with Gasteiger partial charge in [-0.2, -0.15) is 0 Å². The number of esters is 1. The first kappa shape index (κ1) is 18.2. The lowest BCUT2D eigenvalue weighted by Gasteiger charge is -2.27. The molecule has 4 rings (SSSR count). The number of hydrogen-bond donors (Lipinski definition) is 1. The number of amides is 1. The highest BCUT2D eigenvalue weighted by atomic mass is 32.1. The van der Waals surface area contributed by atoms with Crippen LogP contribution in [-0.4, -0.2) is 44.9 Å². The average molecular weight is 389 g/mol. The van der Waals surface area contributed by atoms with Gasteiger partial charge >= 0.3 is 5.97 Å². The van der Waals surface area contributed by atoms with Gasteiger partial charge in [0.2, 0.25) is 5.82 Å². The van der Waals surface area contributed by atoms with Crippen molar-refractivity contribution in [3.63, 3.8) is 0 Å². The number of carbonyl (C=O) groups is 2. The molecule has 8 heteroatoms. The molecule has 2 aromatic heterocycles. The van der Waals surface area contributed by atoms with Crippen LogP contribution < -0.4 is 5.56 Å². The molecule has 1 atom stereocenters. The highest BCUT2D eigenvalue weighted by Gasteiger charge is 2.38. The smallest absolute Gasteiger partial charge is 0.329 e. The van der Waals surface area contributed by atoms with Crippen LogP contribution in [0.25, 0.3) is 10.2 Å². The van der Waals surface area contributed by atoms with E-state index in [0.717, 1.165) is 31.2 Å². The number of aromatic nitrogens is 2. The summed E-state index contributed by atoms with van der Waals surface area (Å²) in [4.78, 5) is 48.4. The normalized spacial score (nSPS) is 19.5. The van der Waals surface area contributed by atoms with Gasteiger partial charge in [0.05, 0.1) is 5.39 Å². The van der Waals surface area contributed by atoms with Crippen LogP contribution in [0.2, 0.25) is 0 Å². The molecule has 0 saturated carbocycles. The quantitative estimate of drug-likeness (QED) is 0.797. The molecule has 0 unspecified atom stereocenters. The van der Waals surface area contributed by atoms with E-state index >= 15 is 0 Å². The van der Waals surface area contributed by atoms with Crippen molar-refractivity contribution < 1.29 is 14.3 Å². The minimum Gasteiger partial charge on any atom is -0.458 e. The van der Waals surface area contributed by atoms with Crippen molar-refractivity contribution in [2.24, 2.45) is 0 Å². The van der Waals surface area contributed by atoms with Gasteiger partial charge in [0.15, 0.2) is 0 Å². The average Bonchev–Trinajstić information content (AvgIpc) is 3.26. The minimum absolute atomic E-state index is 0.00267. The molecule has 0 radical (unpaired) electrons. The molecule has 0 spiro atoms. The first-order valence-electron chi connectivity index (χ1n) is 9.33. The number of fused-ring (bicyclic) bond motifs is 3. The summed E-state index contributed by atoms with van der Waals surface area (Å²) in [6, 6.07) is -0.633. The molecule has 0 bridgehead atoms. The van der Waals surface area contributed by atoms with Gasteiger partial charge in [-0.05, 0) is 58.4 Å². The number of carbonyl (C=O) groups excluding carboxylic acids is 2. The number of H-pyrrole nitrogens is 1. The Kier molecular flexibility index (Phi) is 4.33. The van der Waals surface area contributed by atoms with Crippen LogP contribution in [0.1, 0.15) is 61.1 Å². The van der Waals surface area contributed by atoms with Crippen LogP contribution in [0.3, 0.4) is 0 Å². The molecule has 0 aromatic carbocycles. The predicted octanol–water partition coefficient (Wildman–Crippen LogP) is 2.42. The Morgan fingerprint density at radius 2 is 2.04 bits per heavy atom. The van der Waals surface area contributed by atoms with E-state index in [9.17, 15) is 14.4 Å². The van der Waals surface area contributed by atoms with E-state index in [1.807, 2.05) is 0 Å². The van der Waals surface area contributed by atoms with Gasteiger partial charge < -0.3 is 14.6 Å². The maximum atomic E-state index is 13.0. The number of nitrogens with one attached hydrogen (secondary N) is 1. The molecule has 1 N–H and O–H groups in total. The monoisotopic (exact) mass is 389 g/mol. The standard InChI is InChI=1S/C19H23N3O4S/c1-19(2,3)26-18(25)11-7-5-9-22(11)17(24)14-20-15(23)13-10-6-4-8-12(10)27-16(13)21-14/h11H,4-9H2,1-3H3,(H,20,21,23)/t11-/m0/s1. The number of hydrogen-bond acceptors (Lipinski definition) is 6. The number of aromatic amines is 1. The number of rotatable bonds is 2. The van der Waals surface area contributed by atoms with Crippen molar-refractivity contribution in [3.8, 4) is 0 Å². The molecule has 3 heterocycles. The van der Waals surface area contributed by atoms with E-state index in [2.05, 4.69) is 9.97 Å². The number of ether oxygens (including phenoxy) is 1. The van der Waals surface area contributed by atoms with Gasteiger partial charge in [-0.3, -0.25) is 9.59 Å². The maximum absolute atomic E-state index is 13.0. The summed E-state index contributed by atoms with van der Waals surface area (Å²) in [6.07, 6.45) is 4.19. The Morgan fingerprint density at radius 1 is 1.26 bits per heavy atom. The number of thiophene rings is 1. The fourth-order valence-electron chi connectivity index (χ4n) is 3.86. The van der Waals surface area contributed by atoms with Gasteiger partial charge in [-0.25, -0.2) is 9.78 Å². The number of likely N-dealkylation sites (tertiary alicyclic amines) is 1. The molecule has 2 aliphatic rings. The van der Waals surface area contributed by atoms with Gasteiger partial charge in [0.1, 0.15) is 16.5 Å². The fourth-order valence-corrected chi connectivity index (χ4v) is 5.13. The summed E-state index contributed by atoms with van der Waals surface area (Å²) in [6.45, 7) is 5.85. The summed E-state index contributed by atoms with van der Waals surface area (Å²) in [5, 5.41) is 0.620. The van der Waals surface area contributed by atoms with Crippen molar-refractivity contribution in [1.82, 2.24) is 14.9 Å². The molecule has 2 aromatic rings. The Bertz CT molecular complexity index is 985. The molecule has 1 fully saturated rings. The van der Waals surface area contributed by atoms with Crippen LogP contribution in [0.4, 0.5) is 0 Å². The second-order valence-electron chi connectivity index (χ2n) is 8.14. The molecular formula is C19H23N3O4S. The van der Waals surface area contributed by atoms with Gasteiger partial charge in [-0.1, -0.05) is 0 Å². The third kappa shape index (κ3) is 3.26. The van der Waals surface area contributed by atoms with Crippen LogP contribution in [0.15, 0.2) is 4.79 Å². The Labute approximate surface area is 160 Å². The molecule has 1 saturated heterocycles. The van der Waals surface area contributed by atoms with Crippen molar-refractivity contribution in [2.45, 2.75) is 64.5 Å². The van der Waals surface area contributed by atoms with Crippen LogP contribution in [-0.2, 0) is 22.4 Å². The zero-order chi connectivity index (χ0) is 19.3. The molecule has 1 aliphatic carbocycles. The van der Waals surface area contributed by atoms with E-state index in [-0.39, 0.29) is 11.4 Å². The highest BCUT2D eigenvalue weighted by Crippen LogP contribution is 2.34. The summed E-state index contributed by atoms with van der Waals surface area (Å²) in [5.74, 6) is -0.828. The lowest BCUT2D eigenvalue weighted by molar-refractivity contribution is -0.159. The van der Waals surface area contributed by atoms with Crippen molar-refractivity contribution in [1.29, 1.82) is 0 Å². The van der Waals surface area contributed by atoms with E-state index in [1.165, 1.54) is 21.1 Å². The Balaban J connectivity index is 1.64. The minimum atomic E-state index is -0.633. The van der Waals surface area contributed by atoms with Crippen LogP contribution in [0, 0.1) is 0 Å². The first-order valence-corrected chi connectivity index (χ1v) is 10.1. The number of aryl methyl sites for hydroxylation is 2. The Morgan fingerprint density at radius 3 is 2.78 bits per heavy atom. The molecule has 27 heavy (non-hydrogen) atoms. The molecule has 144 valence electrons. The summed E-state index contributed by atoms with van der Waals surface area (Å²) < 4.78 is 5.45. The summed E-state index contributed by atoms with van der Waals surface area (Å²) >= 11 is 1.50. The molecule has 1 aliphatic heterocycles. The molecule has 7 nitrogen and oxygen atoms in total. The SMILES string of the molecule is CC(C)(C)OC(=O)[C@@H]1CCCN1C(=O)c1nc2sc3c(c2c(=O)[nH]1)CCC3. The molecule has 1 amide bonds. The van der Waals surface area contributed by atoms with E-state index in [1.54, 1.807) is 20.8 Å². The number of nitrogens with zero attached hydrogens (tertiary/aromatic N) is 2. The van der Waals surface area contributed by atoms with Crippen molar-refractivity contribution in [3.05, 3.63) is 26.6 Å². The Hall–Kier alpha value is -2.22. The zero-order valence-corrected chi connectivity index (χ0v) is 16.6. The second kappa shape index (κ2) is 6.44. The fraction of sp³-hybridized carbons (Fsp3) is 0.579. The lowest BCUT2D eigenvalue weighted by atomic mass is 10.1. The van der Waals surface area contributed by atoms with E-state index < -0.39 is 23.5 Å². The lowest BCUT2D eigenvalue weighted by Crippen LogP contribution is -2.44. The maximum Gasteiger partial charge on any atom is 0.329 e. The third-order valence-electron chi connectivity index (χ3n) is 4.97. The largest absolute Gasteiger partial charge is 0.458 e. The third-order valence-corrected chi connectivity index (χ3v) is 6.16. The summed E-state index contributed by atoms with van der Waals surface area (Å²) in [5.41, 5.74) is 0.198. The van der Waals surface area contributed by atoms with Gasteiger partial charge in [0.25, 0.3) is 11.5 Å². The van der Waals surface area contributed by atoms with Crippen LogP contribution >= 0.6 is 11.3 Å². The van der Waals surface area contributed by atoms with Crippen LogP contribution in [0.5, 0.6) is 0 Å². The highest BCUT2D eigenvalue weighted by molar-refractivity contribution is 7.18. The van der Waals surface area contributed by atoms with E-state index in [4.69, 9.17) is 4.74 Å². The zero-order valence-electron chi connectivity index (χ0n) is 15.8. The van der Waals surface area contributed by atoms with E-state index in [0.29, 0.717) is 23.2 Å². The van der Waals surface area contributed by atoms with Crippen molar-refractivity contribution >= 4 is 33.4 Å². The molecular weight excluding hydrogens is 366 g/mol. The second-order valence-corrected chi connectivity index (χ2v) is 9.23. The van der Waals surface area contributed by atoms with Crippen molar-refractivity contribution in [2.75, 3.05) is 6.54 Å². The predicted molar refractivity (Wildman–Crippen MR) is 102 cm³/mol. The van der Waals surface area contributed by atoms with Gasteiger partial charge in [0, 0.05) is 11.4 Å². The first-order chi connectivity index (χ1) is 12.7. The summed E-state index contributed by atoms with van der Waals surface area (Å²) in [7, 11) is 0. The van der Waals surface area contributed by atoms with Gasteiger partial charge in [-0.15, -0.1) is 11.3 Å².